The topological polar surface area (TPSA) is 17.8 Å². The number of aromatic nitrogens is 2. The molecule has 3 heteroatoms. The van der Waals surface area contributed by atoms with Gasteiger partial charge in [-0.2, -0.15) is 0 Å². The molecule has 0 amide bonds. The molecule has 2 radical (unpaired) electrons. The third-order valence-corrected chi connectivity index (χ3v) is 1.13. The Bertz CT molecular complexity index is 173. The van der Waals surface area contributed by atoms with Crippen LogP contribution >= 0.6 is 0 Å². The molecular weight excluding hydrogens is 98.9 g/mol. The monoisotopic (exact) mass is 106 g/mol. The third kappa shape index (κ3) is 0.758. The molecule has 1 heterocycles. The Hall–Kier alpha value is -0.725. The summed E-state index contributed by atoms with van der Waals surface area (Å²) in [7, 11) is 7.26. The van der Waals surface area contributed by atoms with Crippen LogP contribution < -0.4 is 5.59 Å². The van der Waals surface area contributed by atoms with E-state index in [1.165, 1.54) is 0 Å². The summed E-state index contributed by atoms with van der Waals surface area (Å²) in [5, 5.41) is 0. The van der Waals surface area contributed by atoms with E-state index in [9.17, 15) is 0 Å². The Morgan fingerprint density at radius 3 is 2.50 bits per heavy atom. The van der Waals surface area contributed by atoms with Crippen molar-refractivity contribution in [1.29, 1.82) is 0 Å². The van der Waals surface area contributed by atoms with E-state index >= 15 is 0 Å². The van der Waals surface area contributed by atoms with Crippen LogP contribution in [0.2, 0.25) is 0 Å². The lowest BCUT2D eigenvalue weighted by Crippen LogP contribution is -2.00. The van der Waals surface area contributed by atoms with Gasteiger partial charge in [0.1, 0.15) is 13.7 Å². The number of imidazole rings is 1. The fraction of sp³-hybridized carbons (Fsp3) is 0.400. The Morgan fingerprint density at radius 1 is 1.75 bits per heavy atom. The second-order valence-corrected chi connectivity index (χ2v) is 1.82. The third-order valence-electron chi connectivity index (χ3n) is 1.13. The molecule has 1 rings (SSSR count). The van der Waals surface area contributed by atoms with E-state index in [2.05, 4.69) is 4.98 Å². The van der Waals surface area contributed by atoms with Crippen LogP contribution in [0.3, 0.4) is 0 Å². The van der Waals surface area contributed by atoms with Crippen molar-refractivity contribution in [3.63, 3.8) is 0 Å². The highest BCUT2D eigenvalue weighted by atomic mass is 15.0. The molecule has 0 spiro atoms. The lowest BCUT2D eigenvalue weighted by atomic mass is 10.1. The molecule has 0 N–H and O–H groups in total. The Kier molecular flexibility index (Phi) is 1.12. The number of rotatable bonds is 0. The van der Waals surface area contributed by atoms with Crippen molar-refractivity contribution in [1.82, 2.24) is 9.55 Å². The van der Waals surface area contributed by atoms with Crippen LogP contribution in [0.15, 0.2) is 6.20 Å². The molecule has 8 heavy (non-hydrogen) atoms. The Balaban J connectivity index is 3.14. The highest BCUT2D eigenvalue weighted by Crippen LogP contribution is 1.84. The largest absolute Gasteiger partial charge is 0.339 e. The quantitative estimate of drug-likeness (QED) is 0.408. The van der Waals surface area contributed by atoms with E-state index in [-0.39, 0.29) is 0 Å². The van der Waals surface area contributed by atoms with Crippen LogP contribution in [-0.4, -0.2) is 17.4 Å². The van der Waals surface area contributed by atoms with E-state index in [1.54, 1.807) is 6.20 Å². The summed E-state index contributed by atoms with van der Waals surface area (Å²) < 4.78 is 1.88. The van der Waals surface area contributed by atoms with Gasteiger partial charge in [-0.1, -0.05) is 0 Å². The van der Waals surface area contributed by atoms with Crippen molar-refractivity contribution in [3.8, 4) is 0 Å². The summed E-state index contributed by atoms with van der Waals surface area (Å²) in [5.41, 5.74) is 0.588. The van der Waals surface area contributed by atoms with E-state index in [4.69, 9.17) is 7.85 Å². The predicted molar refractivity (Wildman–Crippen MR) is 33.3 cm³/mol. The zero-order valence-electron chi connectivity index (χ0n) is 5.05. The molecule has 0 unspecified atom stereocenters. The maximum absolute atomic E-state index is 5.35. The molecule has 1 aromatic heterocycles. The first-order valence-electron chi connectivity index (χ1n) is 2.45. The van der Waals surface area contributed by atoms with Crippen molar-refractivity contribution >= 4 is 13.4 Å². The standard InChI is InChI=1S/C5H7BN2/c1-4-7-5(6)3-8(4)2/h3H,1-2H3. The van der Waals surface area contributed by atoms with Crippen LogP contribution in [-0.2, 0) is 7.05 Å². The molecule has 0 aliphatic rings. The van der Waals surface area contributed by atoms with Crippen molar-refractivity contribution < 1.29 is 0 Å². The fourth-order valence-corrected chi connectivity index (χ4v) is 0.586. The normalized spacial score (nSPS) is 9.75. The van der Waals surface area contributed by atoms with Crippen LogP contribution in [0.25, 0.3) is 0 Å². The summed E-state index contributed by atoms with van der Waals surface area (Å²) in [6, 6.07) is 0. The smallest absolute Gasteiger partial charge is 0.143 e. The van der Waals surface area contributed by atoms with E-state index in [1.807, 2.05) is 18.5 Å². The van der Waals surface area contributed by atoms with Crippen LogP contribution in [0.1, 0.15) is 5.82 Å². The minimum absolute atomic E-state index is 0.588. The number of hydrogen-bond donors (Lipinski definition) is 0. The van der Waals surface area contributed by atoms with E-state index < -0.39 is 0 Å². The average molecular weight is 106 g/mol. The first-order valence-corrected chi connectivity index (χ1v) is 2.45. The van der Waals surface area contributed by atoms with Crippen molar-refractivity contribution in [3.05, 3.63) is 12.0 Å². The second kappa shape index (κ2) is 1.65. The van der Waals surface area contributed by atoms with E-state index in [0.717, 1.165) is 5.82 Å². The van der Waals surface area contributed by atoms with Crippen LogP contribution in [0.4, 0.5) is 0 Å². The van der Waals surface area contributed by atoms with Gasteiger partial charge in [-0.3, -0.25) is 4.98 Å². The van der Waals surface area contributed by atoms with Gasteiger partial charge < -0.3 is 4.57 Å². The minimum Gasteiger partial charge on any atom is -0.339 e. The SMILES string of the molecule is [B]c1cn(C)c(C)n1. The summed E-state index contributed by atoms with van der Waals surface area (Å²) >= 11 is 0. The number of nitrogens with zero attached hydrogens (tertiary/aromatic N) is 2. The van der Waals surface area contributed by atoms with E-state index in [0.29, 0.717) is 5.59 Å². The number of hydrogen-bond acceptors (Lipinski definition) is 1. The molecule has 0 saturated heterocycles. The lowest BCUT2D eigenvalue weighted by Gasteiger charge is -1.87. The summed E-state index contributed by atoms with van der Waals surface area (Å²) in [4.78, 5) is 3.95. The maximum atomic E-state index is 5.35. The highest BCUT2D eigenvalue weighted by molar-refractivity contribution is 6.30. The molecule has 0 aliphatic heterocycles. The minimum atomic E-state index is 0.588. The van der Waals surface area contributed by atoms with Gasteiger partial charge in [0.2, 0.25) is 0 Å². The van der Waals surface area contributed by atoms with Crippen LogP contribution in [0, 0.1) is 6.92 Å². The fourth-order valence-electron chi connectivity index (χ4n) is 0.586. The molecule has 1 aromatic rings. The molecule has 0 bridgehead atoms. The first-order chi connectivity index (χ1) is 3.70. The van der Waals surface area contributed by atoms with Gasteiger partial charge in [0.25, 0.3) is 0 Å². The molecule has 2 nitrogen and oxygen atoms in total. The van der Waals surface area contributed by atoms with Crippen LogP contribution in [0.5, 0.6) is 0 Å². The Labute approximate surface area is 50.0 Å². The molecule has 0 aliphatic carbocycles. The average Bonchev–Trinajstić information content (AvgIpc) is 1.85. The van der Waals surface area contributed by atoms with Gasteiger partial charge in [0.05, 0.1) is 0 Å². The van der Waals surface area contributed by atoms with Gasteiger partial charge in [-0.25, -0.2) is 0 Å². The summed E-state index contributed by atoms with van der Waals surface area (Å²) in [6.07, 6.45) is 1.79. The van der Waals surface area contributed by atoms with Gasteiger partial charge in [0, 0.05) is 18.8 Å². The Morgan fingerprint density at radius 2 is 2.38 bits per heavy atom. The van der Waals surface area contributed by atoms with Gasteiger partial charge in [0.15, 0.2) is 0 Å². The summed E-state index contributed by atoms with van der Waals surface area (Å²) in [5.74, 6) is 0.947. The van der Waals surface area contributed by atoms with Crippen molar-refractivity contribution in [2.24, 2.45) is 7.05 Å². The molecule has 0 aromatic carbocycles. The van der Waals surface area contributed by atoms with Gasteiger partial charge in [-0.15, -0.1) is 0 Å². The first kappa shape index (κ1) is 5.41. The second-order valence-electron chi connectivity index (χ2n) is 1.82. The summed E-state index contributed by atoms with van der Waals surface area (Å²) in [6.45, 7) is 1.91. The molecular formula is C5H7BN2. The highest BCUT2D eigenvalue weighted by Gasteiger charge is 1.91. The van der Waals surface area contributed by atoms with Gasteiger partial charge >= 0.3 is 0 Å². The molecule has 0 saturated carbocycles. The molecule has 0 atom stereocenters. The maximum Gasteiger partial charge on any atom is 0.143 e. The zero-order chi connectivity index (χ0) is 6.15. The molecule has 40 valence electrons. The van der Waals surface area contributed by atoms with Gasteiger partial charge in [-0.05, 0) is 6.92 Å². The molecule has 0 fully saturated rings. The van der Waals surface area contributed by atoms with Crippen molar-refractivity contribution in [2.45, 2.75) is 6.92 Å². The predicted octanol–water partition coefficient (Wildman–Crippen LogP) is -0.478. The lowest BCUT2D eigenvalue weighted by molar-refractivity contribution is 0.858. The van der Waals surface area contributed by atoms with Crippen molar-refractivity contribution in [2.75, 3.05) is 0 Å². The number of aryl methyl sites for hydroxylation is 2. The zero-order valence-corrected chi connectivity index (χ0v) is 5.05.